The third-order valence-electron chi connectivity index (χ3n) is 6.29. The molecule has 1 unspecified atom stereocenters. The van der Waals surface area contributed by atoms with Gasteiger partial charge in [-0.1, -0.05) is 6.92 Å². The van der Waals surface area contributed by atoms with Gasteiger partial charge >= 0.3 is 0 Å². The first-order valence-corrected chi connectivity index (χ1v) is 9.28. The first-order valence-electron chi connectivity index (χ1n) is 9.28. The molecule has 26 heavy (non-hydrogen) atoms. The zero-order chi connectivity index (χ0) is 18.5. The van der Waals surface area contributed by atoms with Crippen LogP contribution < -0.4 is 5.48 Å². The van der Waals surface area contributed by atoms with Crippen LogP contribution in [0.15, 0.2) is 12.1 Å². The molecule has 3 aliphatic rings. The molecule has 2 N–H and O–H groups in total. The number of likely N-dealkylation sites (tertiary alicyclic amines) is 1. The van der Waals surface area contributed by atoms with Crippen LogP contribution >= 0.6 is 0 Å². The fraction of sp³-hybridized carbons (Fsp3) is 0.632. The molecule has 0 saturated carbocycles. The van der Waals surface area contributed by atoms with Crippen molar-refractivity contribution in [2.45, 2.75) is 50.4 Å². The average Bonchev–Trinajstić information content (AvgIpc) is 3.17. The Morgan fingerprint density at radius 2 is 2.31 bits per heavy atom. The van der Waals surface area contributed by atoms with Gasteiger partial charge in [0.05, 0.1) is 12.2 Å². The zero-order valence-corrected chi connectivity index (χ0v) is 15.3. The summed E-state index contributed by atoms with van der Waals surface area (Å²) in [7, 11) is 2.15. The van der Waals surface area contributed by atoms with E-state index in [1.54, 1.807) is 11.5 Å². The zero-order valence-electron chi connectivity index (χ0n) is 15.3. The van der Waals surface area contributed by atoms with E-state index in [2.05, 4.69) is 23.8 Å². The van der Waals surface area contributed by atoms with Crippen molar-refractivity contribution < 1.29 is 19.1 Å². The molecule has 3 atom stereocenters. The largest absolute Gasteiger partial charge is 0.371 e. The van der Waals surface area contributed by atoms with E-state index in [9.17, 15) is 9.18 Å². The van der Waals surface area contributed by atoms with Crippen LogP contribution in [0.3, 0.4) is 0 Å². The number of rotatable bonds is 4. The number of nitrogens with zero attached hydrogens (tertiary/aromatic N) is 2. The summed E-state index contributed by atoms with van der Waals surface area (Å²) < 4.78 is 20.7. The molecule has 2 saturated heterocycles. The Balaban J connectivity index is 1.60. The number of benzene rings is 1. The van der Waals surface area contributed by atoms with Crippen molar-refractivity contribution >= 4 is 5.91 Å². The number of hydrogen-bond donors (Lipinski definition) is 2. The third-order valence-corrected chi connectivity index (χ3v) is 6.29. The van der Waals surface area contributed by atoms with E-state index in [0.29, 0.717) is 24.6 Å². The van der Waals surface area contributed by atoms with Crippen LogP contribution in [0.4, 0.5) is 4.39 Å². The van der Waals surface area contributed by atoms with E-state index in [4.69, 9.17) is 9.94 Å². The van der Waals surface area contributed by atoms with Gasteiger partial charge in [0.25, 0.3) is 5.91 Å². The predicted octanol–water partition coefficient (Wildman–Crippen LogP) is 1.55. The summed E-state index contributed by atoms with van der Waals surface area (Å²) in [4.78, 5) is 16.4. The predicted molar refractivity (Wildman–Crippen MR) is 93.6 cm³/mol. The normalized spacial score (nSPS) is 31.2. The highest BCUT2D eigenvalue weighted by atomic mass is 19.1. The number of morpholine rings is 1. The molecule has 142 valence electrons. The molecular formula is C19H26FN3O3. The molecule has 2 bridgehead atoms. The highest BCUT2D eigenvalue weighted by molar-refractivity contribution is 5.93. The van der Waals surface area contributed by atoms with Gasteiger partial charge in [0.1, 0.15) is 5.82 Å². The molecule has 1 aromatic carbocycles. The lowest BCUT2D eigenvalue weighted by molar-refractivity contribution is -0.0661. The van der Waals surface area contributed by atoms with Crippen LogP contribution in [0.2, 0.25) is 0 Å². The van der Waals surface area contributed by atoms with Crippen molar-refractivity contribution in [1.82, 2.24) is 15.3 Å². The Hall–Kier alpha value is -1.54. The van der Waals surface area contributed by atoms with Crippen LogP contribution in [0.25, 0.3) is 0 Å². The van der Waals surface area contributed by atoms with Crippen molar-refractivity contribution in [3.8, 4) is 0 Å². The van der Waals surface area contributed by atoms with E-state index in [1.807, 2.05) is 0 Å². The SMILES string of the molecule is CCC1Cc2c(F)cc(C(=O)NO)cc2CN1C[C@]12C[C@H](CO1)N(C)C2. The van der Waals surface area contributed by atoms with Crippen molar-refractivity contribution in [3.05, 3.63) is 34.6 Å². The number of amides is 1. The fourth-order valence-electron chi connectivity index (χ4n) is 4.89. The highest BCUT2D eigenvalue weighted by Crippen LogP contribution is 2.39. The number of hydroxylamine groups is 1. The number of nitrogens with one attached hydrogen (secondary N) is 1. The maximum Gasteiger partial charge on any atom is 0.274 e. The minimum absolute atomic E-state index is 0.136. The van der Waals surface area contributed by atoms with Gasteiger partial charge in [-0.3, -0.25) is 19.8 Å². The summed E-state index contributed by atoms with van der Waals surface area (Å²) in [5, 5.41) is 8.85. The number of carbonyl (C=O) groups excluding carboxylic acids is 1. The molecule has 0 spiro atoms. The molecule has 7 heteroatoms. The van der Waals surface area contributed by atoms with Crippen molar-refractivity contribution in [2.24, 2.45) is 0 Å². The molecule has 3 heterocycles. The van der Waals surface area contributed by atoms with Crippen LogP contribution in [-0.4, -0.2) is 65.3 Å². The van der Waals surface area contributed by atoms with Crippen LogP contribution in [0.1, 0.15) is 41.3 Å². The summed E-state index contributed by atoms with van der Waals surface area (Å²) in [6.45, 7) is 5.26. The molecule has 1 aromatic rings. The Morgan fingerprint density at radius 1 is 1.50 bits per heavy atom. The third kappa shape index (κ3) is 2.93. The maximum absolute atomic E-state index is 14.6. The number of fused-ring (bicyclic) bond motifs is 3. The lowest BCUT2D eigenvalue weighted by atomic mass is 9.89. The molecule has 0 aliphatic carbocycles. The van der Waals surface area contributed by atoms with Gasteiger partial charge in [-0.25, -0.2) is 9.87 Å². The summed E-state index contributed by atoms with van der Waals surface area (Å²) >= 11 is 0. The van der Waals surface area contributed by atoms with E-state index in [1.165, 1.54) is 6.07 Å². The first kappa shape index (κ1) is 17.9. The average molecular weight is 363 g/mol. The second kappa shape index (κ2) is 6.56. The van der Waals surface area contributed by atoms with Crippen molar-refractivity contribution in [2.75, 3.05) is 26.7 Å². The monoisotopic (exact) mass is 363 g/mol. The van der Waals surface area contributed by atoms with E-state index in [0.717, 1.165) is 38.1 Å². The van der Waals surface area contributed by atoms with Crippen molar-refractivity contribution in [3.63, 3.8) is 0 Å². The molecule has 6 nitrogen and oxygen atoms in total. The van der Waals surface area contributed by atoms with E-state index in [-0.39, 0.29) is 23.0 Å². The lowest BCUT2D eigenvalue weighted by Gasteiger charge is -2.42. The Kier molecular flexibility index (Phi) is 4.51. The lowest BCUT2D eigenvalue weighted by Crippen LogP contribution is -2.52. The summed E-state index contributed by atoms with van der Waals surface area (Å²) in [6.07, 6.45) is 2.62. The van der Waals surface area contributed by atoms with Crippen LogP contribution in [0, 0.1) is 5.82 Å². The molecule has 0 aromatic heterocycles. The Labute approximate surface area is 152 Å². The van der Waals surface area contributed by atoms with E-state index < -0.39 is 5.91 Å². The quantitative estimate of drug-likeness (QED) is 0.628. The number of hydrogen-bond acceptors (Lipinski definition) is 5. The standard InChI is InChI=1S/C19H26FN3O3/c1-3-14-6-16-13(4-12(5-17(16)20)18(24)21-25)8-23(14)11-19-7-15(9-26-19)22(2)10-19/h4-5,14-15,25H,3,6-11H2,1-2H3,(H,21,24)/t14?,15-,19-/m1/s1. The number of carbonyl (C=O) groups is 1. The van der Waals surface area contributed by atoms with Gasteiger partial charge < -0.3 is 4.74 Å². The molecule has 2 fully saturated rings. The molecular weight excluding hydrogens is 337 g/mol. The maximum atomic E-state index is 14.6. The number of halogens is 1. The summed E-state index contributed by atoms with van der Waals surface area (Å²) in [6, 6.07) is 3.67. The van der Waals surface area contributed by atoms with Crippen LogP contribution in [-0.2, 0) is 17.7 Å². The molecule has 1 amide bonds. The first-order chi connectivity index (χ1) is 12.4. The van der Waals surface area contributed by atoms with Crippen molar-refractivity contribution in [1.29, 1.82) is 0 Å². The highest BCUT2D eigenvalue weighted by Gasteiger charge is 2.51. The molecule has 3 aliphatic heterocycles. The summed E-state index contributed by atoms with van der Waals surface area (Å²) in [5.74, 6) is -1.05. The fourth-order valence-corrected chi connectivity index (χ4v) is 4.89. The molecule has 4 rings (SSSR count). The number of ether oxygens (including phenoxy) is 1. The summed E-state index contributed by atoms with van der Waals surface area (Å²) in [5.41, 5.74) is 3.11. The van der Waals surface area contributed by atoms with Gasteiger partial charge in [-0.15, -0.1) is 0 Å². The minimum atomic E-state index is -0.686. The molecule has 0 radical (unpaired) electrons. The minimum Gasteiger partial charge on any atom is -0.371 e. The van der Waals surface area contributed by atoms with Gasteiger partial charge in [0.2, 0.25) is 0 Å². The second-order valence-electron chi connectivity index (χ2n) is 7.97. The number of likely N-dealkylation sites (N-methyl/N-ethyl adjacent to an activating group) is 1. The smallest absolute Gasteiger partial charge is 0.274 e. The van der Waals surface area contributed by atoms with Gasteiger partial charge in [0, 0.05) is 37.3 Å². The van der Waals surface area contributed by atoms with Gasteiger partial charge in [-0.05, 0) is 49.6 Å². The second-order valence-corrected chi connectivity index (χ2v) is 7.97. The topological polar surface area (TPSA) is 65.0 Å². The van der Waals surface area contributed by atoms with Gasteiger partial charge in [0.15, 0.2) is 0 Å². The Bertz CT molecular complexity index is 724. The van der Waals surface area contributed by atoms with Crippen LogP contribution in [0.5, 0.6) is 0 Å². The Morgan fingerprint density at radius 3 is 2.92 bits per heavy atom. The van der Waals surface area contributed by atoms with E-state index >= 15 is 0 Å². The van der Waals surface area contributed by atoms with Gasteiger partial charge in [-0.2, -0.15) is 0 Å².